The quantitative estimate of drug-likeness (QED) is 0.266. The van der Waals surface area contributed by atoms with Crippen LogP contribution in [-0.4, -0.2) is 84.6 Å². The molecule has 7 rings (SSSR count). The van der Waals surface area contributed by atoms with Gasteiger partial charge in [0.05, 0.1) is 18.9 Å². The fourth-order valence-corrected chi connectivity index (χ4v) is 7.43. The summed E-state index contributed by atoms with van der Waals surface area (Å²) >= 11 is 5.92. The summed E-state index contributed by atoms with van der Waals surface area (Å²) in [5, 5.41) is 0. The Morgan fingerprint density at radius 3 is 1.98 bits per heavy atom. The van der Waals surface area contributed by atoms with Crippen LogP contribution in [-0.2, 0) is 42.5 Å². The highest BCUT2D eigenvalue weighted by Crippen LogP contribution is 2.46. The van der Waals surface area contributed by atoms with Crippen LogP contribution in [0, 0.1) is 11.8 Å². The molecule has 3 unspecified atom stereocenters. The van der Waals surface area contributed by atoms with Crippen LogP contribution >= 0.6 is 11.6 Å². The van der Waals surface area contributed by atoms with Gasteiger partial charge in [-0.15, -0.1) is 11.6 Å². The zero-order valence-electron chi connectivity index (χ0n) is 27.2. The van der Waals surface area contributed by atoms with E-state index in [2.05, 4.69) is 4.98 Å². The average Bonchev–Trinajstić information content (AvgIpc) is 3.80. The molecule has 4 aliphatic rings. The zero-order chi connectivity index (χ0) is 33.2. The van der Waals surface area contributed by atoms with Crippen molar-refractivity contribution in [3.63, 3.8) is 0 Å². The van der Waals surface area contributed by atoms with Crippen molar-refractivity contribution in [3.05, 3.63) is 102 Å². The van der Waals surface area contributed by atoms with E-state index in [4.69, 9.17) is 35.3 Å². The number of hydrogen-bond donors (Lipinski definition) is 0. The smallest absolute Gasteiger partial charge is 0.410 e. The van der Waals surface area contributed by atoms with Gasteiger partial charge in [0.1, 0.15) is 18.8 Å². The molecule has 4 fully saturated rings. The molecular weight excluding hydrogens is 634 g/mol. The maximum absolute atomic E-state index is 12.4. The van der Waals surface area contributed by atoms with Gasteiger partial charge in [0.25, 0.3) is 0 Å². The number of carbonyl (C=O) groups excluding carboxylic acids is 2. The topological polar surface area (TPSA) is 99.7 Å². The van der Waals surface area contributed by atoms with Crippen molar-refractivity contribution in [1.29, 1.82) is 0 Å². The molecule has 0 radical (unpaired) electrons. The number of ether oxygens (including phenoxy) is 5. The van der Waals surface area contributed by atoms with E-state index in [0.717, 1.165) is 36.1 Å². The molecule has 0 aliphatic carbocycles. The van der Waals surface area contributed by atoms with E-state index in [9.17, 15) is 9.59 Å². The number of nitrogens with zero attached hydrogens (tertiary/aromatic N) is 3. The maximum Gasteiger partial charge on any atom is 0.410 e. The number of piperidine rings is 2. The number of amides is 2. The minimum atomic E-state index is -0.564. The van der Waals surface area contributed by atoms with Gasteiger partial charge in [-0.2, -0.15) is 0 Å². The summed E-state index contributed by atoms with van der Waals surface area (Å²) in [6.07, 6.45) is 4.39. The van der Waals surface area contributed by atoms with E-state index in [0.29, 0.717) is 64.9 Å². The SMILES string of the molecule is O=C(OCc1ccccc1)N1CCC2(OCCO2)C(CCCl)C1.O=C(OCc1ccccc1)N1CCC2(c3ccccn3)OCCC2C1. The van der Waals surface area contributed by atoms with Crippen LogP contribution in [0.1, 0.15) is 42.5 Å². The Morgan fingerprint density at radius 2 is 1.38 bits per heavy atom. The lowest BCUT2D eigenvalue weighted by Gasteiger charge is -2.43. The first-order valence-electron chi connectivity index (χ1n) is 16.8. The van der Waals surface area contributed by atoms with Gasteiger partial charge in [-0.3, -0.25) is 4.98 Å². The predicted octanol–water partition coefficient (Wildman–Crippen LogP) is 6.37. The van der Waals surface area contributed by atoms with Crippen LogP contribution in [0.25, 0.3) is 0 Å². The summed E-state index contributed by atoms with van der Waals surface area (Å²) < 4.78 is 28.7. The molecule has 1 spiro atoms. The number of halogens is 1. The number of fused-ring (bicyclic) bond motifs is 1. The molecule has 0 bridgehead atoms. The van der Waals surface area contributed by atoms with Gasteiger partial charge in [-0.25, -0.2) is 9.59 Å². The van der Waals surface area contributed by atoms with Crippen LogP contribution in [0.4, 0.5) is 9.59 Å². The molecule has 10 nitrogen and oxygen atoms in total. The molecule has 4 saturated heterocycles. The second kappa shape index (κ2) is 16.1. The van der Waals surface area contributed by atoms with Crippen molar-refractivity contribution >= 4 is 23.8 Å². The molecule has 11 heteroatoms. The number of benzene rings is 2. The lowest BCUT2D eigenvalue weighted by molar-refractivity contribution is -0.218. The second-order valence-electron chi connectivity index (χ2n) is 12.6. The van der Waals surface area contributed by atoms with Gasteiger partial charge >= 0.3 is 12.2 Å². The molecule has 1 aromatic heterocycles. The Morgan fingerprint density at radius 1 is 0.771 bits per heavy atom. The van der Waals surface area contributed by atoms with Crippen molar-refractivity contribution < 1.29 is 33.3 Å². The molecule has 5 heterocycles. The third-order valence-corrected chi connectivity index (χ3v) is 9.95. The summed E-state index contributed by atoms with van der Waals surface area (Å²) in [5.41, 5.74) is 2.61. The summed E-state index contributed by atoms with van der Waals surface area (Å²) in [6.45, 7) is 4.94. The van der Waals surface area contributed by atoms with E-state index in [1.807, 2.05) is 90.0 Å². The molecule has 256 valence electrons. The van der Waals surface area contributed by atoms with Gasteiger partial charge in [-0.1, -0.05) is 66.7 Å². The first kappa shape index (κ1) is 34.2. The first-order valence-corrected chi connectivity index (χ1v) is 17.4. The normalized spacial score (nSPS) is 24.4. The lowest BCUT2D eigenvalue weighted by Crippen LogP contribution is -2.54. The summed E-state index contributed by atoms with van der Waals surface area (Å²) in [6, 6.07) is 25.4. The molecule has 2 amide bonds. The Kier molecular flexibility index (Phi) is 11.5. The van der Waals surface area contributed by atoms with E-state index in [1.54, 1.807) is 4.90 Å². The van der Waals surface area contributed by atoms with E-state index in [1.165, 1.54) is 0 Å². The third-order valence-electron chi connectivity index (χ3n) is 9.73. The number of carbonyl (C=O) groups is 2. The summed E-state index contributed by atoms with van der Waals surface area (Å²) in [7, 11) is 0. The fraction of sp³-hybridized carbons (Fsp3) is 0.486. The molecule has 3 atom stereocenters. The van der Waals surface area contributed by atoms with Crippen LogP contribution < -0.4 is 0 Å². The van der Waals surface area contributed by atoms with Gasteiger partial charge in [0.2, 0.25) is 0 Å². The number of alkyl halides is 1. The second-order valence-corrected chi connectivity index (χ2v) is 13.0. The highest BCUT2D eigenvalue weighted by molar-refractivity contribution is 6.17. The van der Waals surface area contributed by atoms with Crippen LogP contribution in [0.15, 0.2) is 85.1 Å². The van der Waals surface area contributed by atoms with Crippen molar-refractivity contribution in [3.8, 4) is 0 Å². The number of likely N-dealkylation sites (tertiary alicyclic amines) is 2. The minimum Gasteiger partial charge on any atom is -0.445 e. The van der Waals surface area contributed by atoms with E-state index in [-0.39, 0.29) is 36.2 Å². The van der Waals surface area contributed by atoms with Gasteiger partial charge in [-0.05, 0) is 36.1 Å². The molecule has 48 heavy (non-hydrogen) atoms. The molecule has 0 N–H and O–H groups in total. The van der Waals surface area contributed by atoms with E-state index < -0.39 is 5.79 Å². The number of rotatable bonds is 7. The largest absolute Gasteiger partial charge is 0.445 e. The lowest BCUT2D eigenvalue weighted by atomic mass is 9.78. The maximum atomic E-state index is 12.4. The molecular formula is C37H44ClN3O7. The van der Waals surface area contributed by atoms with Crippen molar-refractivity contribution in [2.45, 2.75) is 50.3 Å². The van der Waals surface area contributed by atoms with Gasteiger partial charge < -0.3 is 33.5 Å². The molecule has 0 saturated carbocycles. The standard InChI is InChI=1S/C20H22N2O3.C17H22ClNO4/c23-19(24-15-16-6-2-1-3-7-16)22-12-10-20(17(14-22)9-13-25-20)18-8-4-5-11-21-18;18-8-6-15-12-19(9-7-17(15)22-10-11-23-17)16(20)21-13-14-4-2-1-3-5-14/h1-8,11,17H,9-10,12-15H2;1-5,15H,6-13H2. The summed E-state index contributed by atoms with van der Waals surface area (Å²) in [4.78, 5) is 32.8. The Bertz CT molecular complexity index is 1460. The van der Waals surface area contributed by atoms with Crippen LogP contribution in [0.5, 0.6) is 0 Å². The van der Waals surface area contributed by atoms with Gasteiger partial charge in [0, 0.05) is 69.5 Å². The van der Waals surface area contributed by atoms with Crippen molar-refractivity contribution in [1.82, 2.24) is 14.8 Å². The average molecular weight is 678 g/mol. The number of hydrogen-bond acceptors (Lipinski definition) is 8. The predicted molar refractivity (Wildman–Crippen MR) is 179 cm³/mol. The van der Waals surface area contributed by atoms with E-state index >= 15 is 0 Å². The minimum absolute atomic E-state index is 0.0838. The molecule has 2 aromatic carbocycles. The fourth-order valence-electron chi connectivity index (χ4n) is 7.17. The Balaban J connectivity index is 0.000000168. The number of pyridine rings is 1. The molecule has 3 aromatic rings. The van der Waals surface area contributed by atoms with Gasteiger partial charge in [0.15, 0.2) is 5.79 Å². The molecule has 4 aliphatic heterocycles. The zero-order valence-corrected chi connectivity index (χ0v) is 28.0. The summed E-state index contributed by atoms with van der Waals surface area (Å²) in [5.74, 6) is 0.304. The first-order chi connectivity index (χ1) is 23.5. The Hall–Kier alpha value is -3.70. The highest BCUT2D eigenvalue weighted by Gasteiger charge is 2.51. The van der Waals surface area contributed by atoms with Crippen molar-refractivity contribution in [2.24, 2.45) is 11.8 Å². The Labute approximate surface area is 287 Å². The van der Waals surface area contributed by atoms with Crippen LogP contribution in [0.2, 0.25) is 0 Å². The van der Waals surface area contributed by atoms with Crippen molar-refractivity contribution in [2.75, 3.05) is 51.9 Å². The number of aromatic nitrogens is 1. The third kappa shape index (κ3) is 7.94. The highest BCUT2D eigenvalue weighted by atomic mass is 35.5. The van der Waals surface area contributed by atoms with Crippen LogP contribution in [0.3, 0.4) is 0 Å². The monoisotopic (exact) mass is 677 g/mol.